The largest absolute Gasteiger partial charge is 0.376 e. The highest BCUT2D eigenvalue weighted by Crippen LogP contribution is 2.26. The minimum Gasteiger partial charge on any atom is -0.376 e. The lowest BCUT2D eigenvalue weighted by molar-refractivity contribution is -0.136. The molecule has 1 N–H and O–H groups in total. The fourth-order valence-electron chi connectivity index (χ4n) is 4.23. The van der Waals surface area contributed by atoms with Crippen molar-refractivity contribution in [3.8, 4) is 16.9 Å². The fraction of sp³-hybridized carbons (Fsp3) is 0.393. The van der Waals surface area contributed by atoms with E-state index in [1.165, 1.54) is 0 Å². The zero-order valence-corrected chi connectivity index (χ0v) is 21.8. The minimum atomic E-state index is -0.299. The second-order valence-corrected chi connectivity index (χ2v) is 10.2. The third-order valence-electron chi connectivity index (χ3n) is 6.13. The van der Waals surface area contributed by atoms with Crippen LogP contribution in [0.4, 0.5) is 5.95 Å². The summed E-state index contributed by atoms with van der Waals surface area (Å²) in [5, 5.41) is 3.58. The Balaban J connectivity index is 1.58. The third-order valence-corrected chi connectivity index (χ3v) is 6.38. The van der Waals surface area contributed by atoms with Crippen LogP contribution >= 0.6 is 11.6 Å². The number of hydrogen-bond acceptors (Lipinski definition) is 4. The van der Waals surface area contributed by atoms with Gasteiger partial charge < -0.3 is 9.64 Å². The van der Waals surface area contributed by atoms with Crippen LogP contribution in [0.1, 0.15) is 38.7 Å². The maximum atomic E-state index is 13.2. The molecule has 2 heterocycles. The van der Waals surface area contributed by atoms with E-state index in [0.717, 1.165) is 29.7 Å². The monoisotopic (exact) mass is 508 g/mol. The van der Waals surface area contributed by atoms with E-state index in [4.69, 9.17) is 21.3 Å². The lowest BCUT2D eigenvalue weighted by Crippen LogP contribution is -2.42. The van der Waals surface area contributed by atoms with Gasteiger partial charge in [-0.05, 0) is 49.9 Å². The van der Waals surface area contributed by atoms with Gasteiger partial charge in [-0.1, -0.05) is 55.3 Å². The van der Waals surface area contributed by atoms with E-state index in [1.807, 2.05) is 80.1 Å². The Morgan fingerprint density at radius 1 is 1.17 bits per heavy atom. The van der Waals surface area contributed by atoms with E-state index in [9.17, 15) is 9.59 Å². The number of imidazole rings is 1. The van der Waals surface area contributed by atoms with E-state index in [1.54, 1.807) is 4.90 Å². The van der Waals surface area contributed by atoms with Crippen molar-refractivity contribution in [1.82, 2.24) is 14.5 Å². The molecular weight excluding hydrogens is 476 g/mol. The Hall–Kier alpha value is -3.16. The highest BCUT2D eigenvalue weighted by molar-refractivity contribution is 6.30. The molecule has 1 aromatic heterocycles. The first kappa shape index (κ1) is 25.9. The van der Waals surface area contributed by atoms with Crippen LogP contribution in [0.5, 0.6) is 0 Å². The quantitative estimate of drug-likeness (QED) is 0.414. The van der Waals surface area contributed by atoms with Gasteiger partial charge in [-0.15, -0.1) is 0 Å². The molecule has 0 radical (unpaired) electrons. The van der Waals surface area contributed by atoms with Gasteiger partial charge in [0.05, 0.1) is 11.8 Å². The van der Waals surface area contributed by atoms with Gasteiger partial charge in [0, 0.05) is 42.0 Å². The molecule has 36 heavy (non-hydrogen) atoms. The predicted molar refractivity (Wildman–Crippen MR) is 142 cm³/mol. The van der Waals surface area contributed by atoms with Crippen molar-refractivity contribution < 1.29 is 14.3 Å². The number of anilines is 1. The molecule has 0 spiro atoms. The smallest absolute Gasteiger partial charge is 0.246 e. The number of amides is 2. The molecule has 7 nitrogen and oxygen atoms in total. The van der Waals surface area contributed by atoms with Crippen molar-refractivity contribution in [2.75, 3.05) is 25.0 Å². The molecule has 2 aromatic carbocycles. The zero-order chi connectivity index (χ0) is 25.7. The minimum absolute atomic E-state index is 0.0278. The van der Waals surface area contributed by atoms with Crippen molar-refractivity contribution in [3.05, 3.63) is 65.3 Å². The van der Waals surface area contributed by atoms with Crippen LogP contribution in [0, 0.1) is 12.8 Å². The lowest BCUT2D eigenvalue weighted by atomic mass is 10.1. The molecule has 4 rings (SSSR count). The van der Waals surface area contributed by atoms with E-state index < -0.39 is 0 Å². The van der Waals surface area contributed by atoms with Gasteiger partial charge in [0.2, 0.25) is 17.8 Å². The Kier molecular flexibility index (Phi) is 8.44. The topological polar surface area (TPSA) is 76.5 Å². The highest BCUT2D eigenvalue weighted by atomic mass is 35.5. The summed E-state index contributed by atoms with van der Waals surface area (Å²) in [4.78, 5) is 32.5. The predicted octanol–water partition coefficient (Wildman–Crippen LogP) is 5.49. The number of aryl methyl sites for hydroxylation is 1. The van der Waals surface area contributed by atoms with Gasteiger partial charge in [0.1, 0.15) is 6.54 Å². The first-order chi connectivity index (χ1) is 17.3. The SMILES string of the molecule is Cc1ccc(-n2cc(-c3ccc(Cl)cc3)nc2NC(=O)CN(C[C@@H]2CCCO2)C(=O)CC(C)C)cc1. The van der Waals surface area contributed by atoms with Crippen molar-refractivity contribution >= 4 is 29.4 Å². The molecule has 1 aliphatic heterocycles. The molecule has 0 bridgehead atoms. The highest BCUT2D eigenvalue weighted by Gasteiger charge is 2.25. The van der Waals surface area contributed by atoms with Crippen LogP contribution < -0.4 is 5.32 Å². The number of carbonyl (C=O) groups excluding carboxylic acids is 2. The maximum Gasteiger partial charge on any atom is 0.246 e. The van der Waals surface area contributed by atoms with Crippen molar-refractivity contribution in [3.63, 3.8) is 0 Å². The van der Waals surface area contributed by atoms with Gasteiger partial charge in [0.15, 0.2) is 0 Å². The molecule has 3 aromatic rings. The number of benzene rings is 2. The summed E-state index contributed by atoms with van der Waals surface area (Å²) in [5.74, 6) is 0.253. The lowest BCUT2D eigenvalue weighted by Gasteiger charge is -2.25. The summed E-state index contributed by atoms with van der Waals surface area (Å²) >= 11 is 6.06. The average Bonchev–Trinajstić information content (AvgIpc) is 3.49. The molecule has 2 amide bonds. The normalized spacial score (nSPS) is 15.3. The Morgan fingerprint density at radius 2 is 1.89 bits per heavy atom. The summed E-state index contributed by atoms with van der Waals surface area (Å²) in [5.41, 5.74) is 3.59. The van der Waals surface area contributed by atoms with Crippen LogP contribution in [0.2, 0.25) is 5.02 Å². The van der Waals surface area contributed by atoms with Gasteiger partial charge in [-0.3, -0.25) is 19.5 Å². The van der Waals surface area contributed by atoms with Crippen LogP contribution in [0.3, 0.4) is 0 Å². The number of hydrogen-bond donors (Lipinski definition) is 1. The number of rotatable bonds is 9. The summed E-state index contributed by atoms with van der Waals surface area (Å²) in [6.07, 6.45) is 4.12. The Bertz CT molecular complexity index is 1180. The second-order valence-electron chi connectivity index (χ2n) is 9.72. The molecule has 0 saturated carbocycles. The molecule has 190 valence electrons. The average molecular weight is 509 g/mol. The molecule has 1 fully saturated rings. The van der Waals surface area contributed by atoms with Gasteiger partial charge >= 0.3 is 0 Å². The van der Waals surface area contributed by atoms with E-state index in [2.05, 4.69) is 5.32 Å². The number of nitrogens with one attached hydrogen (secondary N) is 1. The number of ether oxygens (including phenoxy) is 1. The number of halogens is 1. The standard InChI is InChI=1S/C28H33ClN4O3/c1-19(2)15-27(35)32(16-24-5-4-14-36-24)18-26(34)31-28-30-25(21-8-10-22(29)11-9-21)17-33(28)23-12-6-20(3)7-13-23/h6-13,17,19,24H,4-5,14-16,18H2,1-3H3,(H,30,31,34)/t24-/m0/s1. The van der Waals surface area contributed by atoms with Crippen molar-refractivity contribution in [1.29, 1.82) is 0 Å². The molecule has 1 aliphatic rings. The molecular formula is C28H33ClN4O3. The van der Waals surface area contributed by atoms with Gasteiger partial charge in [-0.25, -0.2) is 4.98 Å². The van der Waals surface area contributed by atoms with Crippen molar-refractivity contribution in [2.45, 2.75) is 46.1 Å². The maximum absolute atomic E-state index is 13.2. The van der Waals surface area contributed by atoms with Crippen molar-refractivity contribution in [2.24, 2.45) is 5.92 Å². The fourth-order valence-corrected chi connectivity index (χ4v) is 4.36. The van der Waals surface area contributed by atoms with Gasteiger partial charge in [0.25, 0.3) is 0 Å². The number of aromatic nitrogens is 2. The summed E-state index contributed by atoms with van der Waals surface area (Å²) in [7, 11) is 0. The summed E-state index contributed by atoms with van der Waals surface area (Å²) in [6, 6.07) is 15.4. The van der Waals surface area contributed by atoms with E-state index in [-0.39, 0.29) is 30.4 Å². The molecule has 0 aliphatic carbocycles. The number of carbonyl (C=O) groups is 2. The molecule has 0 unspecified atom stereocenters. The molecule has 1 atom stereocenters. The third kappa shape index (κ3) is 6.74. The summed E-state index contributed by atoms with van der Waals surface area (Å²) < 4.78 is 7.58. The van der Waals surface area contributed by atoms with Crippen LogP contribution in [0.25, 0.3) is 16.9 Å². The van der Waals surface area contributed by atoms with E-state index in [0.29, 0.717) is 36.2 Å². The van der Waals surface area contributed by atoms with Gasteiger partial charge in [-0.2, -0.15) is 0 Å². The zero-order valence-electron chi connectivity index (χ0n) is 21.0. The molecule has 1 saturated heterocycles. The van der Waals surface area contributed by atoms with Crippen LogP contribution in [-0.2, 0) is 14.3 Å². The van der Waals surface area contributed by atoms with Crippen LogP contribution in [0.15, 0.2) is 54.7 Å². The summed E-state index contributed by atoms with van der Waals surface area (Å²) in [6.45, 7) is 7.09. The van der Waals surface area contributed by atoms with E-state index >= 15 is 0 Å². The first-order valence-corrected chi connectivity index (χ1v) is 12.8. The Labute approximate surface area is 217 Å². The first-order valence-electron chi connectivity index (χ1n) is 12.4. The molecule has 8 heteroatoms. The van der Waals surface area contributed by atoms with Crippen LogP contribution in [-0.4, -0.2) is 52.1 Å². The number of nitrogens with zero attached hydrogens (tertiary/aromatic N) is 3. The second kappa shape index (κ2) is 11.7. The Morgan fingerprint density at radius 3 is 2.53 bits per heavy atom.